The standard InChI is InChI=1S/C18H19N3O2S/c1-21-16(22)10-13(17(21)12-6-5-9-19-11-12)18(23)20-14-7-3-4-8-15(14)24-2/h3-9,11,13,17H,10H2,1-2H3,(H,20,23). The van der Waals surface area contributed by atoms with Gasteiger partial charge in [0.25, 0.3) is 0 Å². The summed E-state index contributed by atoms with van der Waals surface area (Å²) in [6.45, 7) is 0. The molecular formula is C18H19N3O2S. The van der Waals surface area contributed by atoms with Crippen molar-refractivity contribution < 1.29 is 9.59 Å². The van der Waals surface area contributed by atoms with E-state index in [-0.39, 0.29) is 24.3 Å². The maximum absolute atomic E-state index is 12.8. The molecule has 1 aliphatic rings. The first kappa shape index (κ1) is 16.5. The molecule has 1 aromatic heterocycles. The van der Waals surface area contributed by atoms with Gasteiger partial charge in [-0.05, 0) is 30.0 Å². The second-order valence-corrected chi connectivity index (χ2v) is 6.58. The lowest BCUT2D eigenvalue weighted by Crippen LogP contribution is -2.30. The van der Waals surface area contributed by atoms with Crippen LogP contribution in [-0.2, 0) is 9.59 Å². The Balaban J connectivity index is 1.86. The van der Waals surface area contributed by atoms with E-state index in [0.29, 0.717) is 0 Å². The molecule has 1 fully saturated rings. The Morgan fingerprint density at radius 1 is 1.29 bits per heavy atom. The fraction of sp³-hybridized carbons (Fsp3) is 0.278. The molecule has 1 saturated heterocycles. The van der Waals surface area contributed by atoms with Crippen molar-refractivity contribution >= 4 is 29.3 Å². The van der Waals surface area contributed by atoms with E-state index in [0.717, 1.165) is 16.1 Å². The Hall–Kier alpha value is -2.34. The van der Waals surface area contributed by atoms with Crippen LogP contribution in [-0.4, -0.2) is 35.0 Å². The number of carbonyl (C=O) groups is 2. The smallest absolute Gasteiger partial charge is 0.230 e. The molecule has 2 heterocycles. The summed E-state index contributed by atoms with van der Waals surface area (Å²) in [5.74, 6) is -0.591. The molecule has 24 heavy (non-hydrogen) atoms. The van der Waals surface area contributed by atoms with E-state index in [2.05, 4.69) is 10.3 Å². The second kappa shape index (κ2) is 7.05. The Kier molecular flexibility index (Phi) is 4.85. The van der Waals surface area contributed by atoms with Gasteiger partial charge in [-0.2, -0.15) is 0 Å². The minimum atomic E-state index is -0.429. The minimum absolute atomic E-state index is 0.0258. The predicted molar refractivity (Wildman–Crippen MR) is 94.7 cm³/mol. The van der Waals surface area contributed by atoms with E-state index in [1.165, 1.54) is 0 Å². The van der Waals surface area contributed by atoms with Gasteiger partial charge in [-0.3, -0.25) is 14.6 Å². The van der Waals surface area contributed by atoms with Crippen molar-refractivity contribution in [1.29, 1.82) is 0 Å². The number of thioether (sulfide) groups is 1. The number of nitrogens with zero attached hydrogens (tertiary/aromatic N) is 2. The van der Waals surface area contributed by atoms with Gasteiger partial charge in [-0.15, -0.1) is 11.8 Å². The van der Waals surface area contributed by atoms with Gasteiger partial charge in [0, 0.05) is 30.8 Å². The first-order valence-electron chi connectivity index (χ1n) is 7.71. The molecular weight excluding hydrogens is 322 g/mol. The third-order valence-electron chi connectivity index (χ3n) is 4.31. The topological polar surface area (TPSA) is 62.3 Å². The molecule has 0 bridgehead atoms. The van der Waals surface area contributed by atoms with Crippen molar-refractivity contribution in [3.63, 3.8) is 0 Å². The summed E-state index contributed by atoms with van der Waals surface area (Å²) in [5, 5.41) is 2.99. The number of pyridine rings is 1. The SMILES string of the molecule is CSc1ccccc1NC(=O)C1CC(=O)N(C)C1c1cccnc1. The van der Waals surface area contributed by atoms with Crippen LogP contribution in [0.15, 0.2) is 53.7 Å². The van der Waals surface area contributed by atoms with E-state index in [1.54, 1.807) is 36.1 Å². The summed E-state index contributed by atoms with van der Waals surface area (Å²) in [6.07, 6.45) is 5.58. The highest BCUT2D eigenvalue weighted by Crippen LogP contribution is 2.37. The summed E-state index contributed by atoms with van der Waals surface area (Å²) < 4.78 is 0. The molecule has 2 aromatic rings. The summed E-state index contributed by atoms with van der Waals surface area (Å²) in [7, 11) is 1.74. The molecule has 1 aromatic carbocycles. The molecule has 0 radical (unpaired) electrons. The molecule has 2 unspecified atom stereocenters. The number of aromatic nitrogens is 1. The van der Waals surface area contributed by atoms with Crippen LogP contribution in [0.4, 0.5) is 5.69 Å². The number of hydrogen-bond acceptors (Lipinski definition) is 4. The molecule has 2 amide bonds. The summed E-state index contributed by atoms with van der Waals surface area (Å²) in [6, 6.07) is 11.1. The summed E-state index contributed by atoms with van der Waals surface area (Å²) in [5.41, 5.74) is 1.66. The zero-order valence-electron chi connectivity index (χ0n) is 13.6. The minimum Gasteiger partial charge on any atom is -0.338 e. The number of para-hydroxylation sites is 1. The largest absolute Gasteiger partial charge is 0.338 e. The van der Waals surface area contributed by atoms with Crippen LogP contribution >= 0.6 is 11.8 Å². The van der Waals surface area contributed by atoms with Crippen LogP contribution in [0.5, 0.6) is 0 Å². The Labute approximate surface area is 145 Å². The first-order valence-corrected chi connectivity index (χ1v) is 8.93. The zero-order chi connectivity index (χ0) is 17.1. The van der Waals surface area contributed by atoms with Crippen molar-refractivity contribution in [3.05, 3.63) is 54.4 Å². The number of anilines is 1. The predicted octanol–water partition coefficient (Wildman–Crippen LogP) is 2.96. The highest BCUT2D eigenvalue weighted by molar-refractivity contribution is 7.98. The van der Waals surface area contributed by atoms with Crippen LogP contribution in [0.3, 0.4) is 0 Å². The van der Waals surface area contributed by atoms with Crippen molar-refractivity contribution in [2.45, 2.75) is 17.4 Å². The lowest BCUT2D eigenvalue weighted by atomic mass is 9.94. The molecule has 0 aliphatic carbocycles. The van der Waals surface area contributed by atoms with Gasteiger partial charge in [0.15, 0.2) is 0 Å². The Bertz CT molecular complexity index is 751. The average molecular weight is 341 g/mol. The van der Waals surface area contributed by atoms with Crippen molar-refractivity contribution in [2.75, 3.05) is 18.6 Å². The lowest BCUT2D eigenvalue weighted by molar-refractivity contribution is -0.127. The van der Waals surface area contributed by atoms with Gasteiger partial charge in [0.05, 0.1) is 17.6 Å². The molecule has 124 valence electrons. The van der Waals surface area contributed by atoms with Crippen LogP contribution in [0.25, 0.3) is 0 Å². The molecule has 3 rings (SSSR count). The molecule has 0 spiro atoms. The van der Waals surface area contributed by atoms with Gasteiger partial charge >= 0.3 is 0 Å². The number of likely N-dealkylation sites (tertiary alicyclic amines) is 1. The fourth-order valence-electron chi connectivity index (χ4n) is 3.09. The third-order valence-corrected chi connectivity index (χ3v) is 5.11. The maximum atomic E-state index is 12.8. The number of hydrogen-bond donors (Lipinski definition) is 1. The Morgan fingerprint density at radius 2 is 2.08 bits per heavy atom. The van der Waals surface area contributed by atoms with Crippen molar-refractivity contribution in [3.8, 4) is 0 Å². The van der Waals surface area contributed by atoms with Crippen LogP contribution in [0.2, 0.25) is 0 Å². The highest BCUT2D eigenvalue weighted by Gasteiger charge is 2.42. The maximum Gasteiger partial charge on any atom is 0.230 e. The van der Waals surface area contributed by atoms with E-state index in [4.69, 9.17) is 0 Å². The van der Waals surface area contributed by atoms with Gasteiger partial charge in [0.2, 0.25) is 11.8 Å². The number of benzene rings is 1. The molecule has 6 heteroatoms. The number of rotatable bonds is 4. The van der Waals surface area contributed by atoms with Crippen molar-refractivity contribution in [2.24, 2.45) is 5.92 Å². The van der Waals surface area contributed by atoms with Crippen molar-refractivity contribution in [1.82, 2.24) is 9.88 Å². The molecule has 0 saturated carbocycles. The second-order valence-electron chi connectivity index (χ2n) is 5.74. The molecule has 2 atom stereocenters. The van der Waals surface area contributed by atoms with E-state index in [9.17, 15) is 9.59 Å². The fourth-order valence-corrected chi connectivity index (χ4v) is 3.64. The van der Waals surface area contributed by atoms with Gasteiger partial charge < -0.3 is 10.2 Å². The summed E-state index contributed by atoms with van der Waals surface area (Å²) in [4.78, 5) is 31.8. The lowest BCUT2D eigenvalue weighted by Gasteiger charge is -2.24. The van der Waals surface area contributed by atoms with Gasteiger partial charge in [-0.1, -0.05) is 18.2 Å². The van der Waals surface area contributed by atoms with Gasteiger partial charge in [0.1, 0.15) is 0 Å². The molecule has 5 nitrogen and oxygen atoms in total. The highest BCUT2D eigenvalue weighted by atomic mass is 32.2. The molecule has 1 aliphatic heterocycles. The van der Waals surface area contributed by atoms with E-state index in [1.807, 2.05) is 42.7 Å². The van der Waals surface area contributed by atoms with Crippen LogP contribution in [0, 0.1) is 5.92 Å². The number of nitrogens with one attached hydrogen (secondary N) is 1. The Morgan fingerprint density at radius 3 is 2.79 bits per heavy atom. The zero-order valence-corrected chi connectivity index (χ0v) is 14.4. The third kappa shape index (κ3) is 3.14. The van der Waals surface area contributed by atoms with Gasteiger partial charge in [-0.25, -0.2) is 0 Å². The first-order chi connectivity index (χ1) is 11.6. The summed E-state index contributed by atoms with van der Waals surface area (Å²) >= 11 is 1.58. The molecule has 1 N–H and O–H groups in total. The normalized spacial score (nSPS) is 20.2. The van der Waals surface area contributed by atoms with Crippen LogP contribution < -0.4 is 5.32 Å². The quantitative estimate of drug-likeness (QED) is 0.869. The number of amides is 2. The van der Waals surface area contributed by atoms with Crippen LogP contribution in [0.1, 0.15) is 18.0 Å². The monoisotopic (exact) mass is 341 g/mol. The average Bonchev–Trinajstić information content (AvgIpc) is 2.91. The number of carbonyl (C=O) groups excluding carboxylic acids is 2. The van der Waals surface area contributed by atoms with E-state index < -0.39 is 5.92 Å². The van der Waals surface area contributed by atoms with E-state index >= 15 is 0 Å².